The highest BCUT2D eigenvalue weighted by atomic mass is 19.1. The Kier molecular flexibility index (Phi) is 2.55. The molecule has 0 fully saturated rings. The summed E-state index contributed by atoms with van der Waals surface area (Å²) in [5, 5.41) is 11.8. The predicted octanol–water partition coefficient (Wildman–Crippen LogP) is 1.64. The monoisotopic (exact) mass is 221 g/mol. The number of tetrazole rings is 1. The highest BCUT2D eigenvalue weighted by Crippen LogP contribution is 2.19. The lowest BCUT2D eigenvalue weighted by atomic mass is 10.2. The van der Waals surface area contributed by atoms with Crippen LogP contribution in [0.1, 0.15) is 19.9 Å². The van der Waals surface area contributed by atoms with Crippen molar-refractivity contribution in [2.24, 2.45) is 0 Å². The molecule has 0 spiro atoms. The molecule has 0 unspecified atom stereocenters. The second-order valence-electron chi connectivity index (χ2n) is 3.80. The van der Waals surface area contributed by atoms with Crippen LogP contribution in [0.15, 0.2) is 18.2 Å². The van der Waals surface area contributed by atoms with Crippen LogP contribution in [0.2, 0.25) is 0 Å². The van der Waals surface area contributed by atoms with Gasteiger partial charge in [0.2, 0.25) is 5.82 Å². The van der Waals surface area contributed by atoms with Crippen LogP contribution in [0.25, 0.3) is 11.4 Å². The van der Waals surface area contributed by atoms with E-state index < -0.39 is 5.82 Å². The summed E-state index contributed by atoms with van der Waals surface area (Å²) in [5.41, 5.74) is 6.42. The van der Waals surface area contributed by atoms with Crippen molar-refractivity contribution in [3.05, 3.63) is 24.0 Å². The molecule has 1 heterocycles. The number of nitrogen functional groups attached to an aromatic ring is 1. The second-order valence-corrected chi connectivity index (χ2v) is 3.80. The Morgan fingerprint density at radius 1 is 1.31 bits per heavy atom. The summed E-state index contributed by atoms with van der Waals surface area (Å²) in [6.07, 6.45) is 0. The predicted molar refractivity (Wildman–Crippen MR) is 58.0 cm³/mol. The zero-order valence-corrected chi connectivity index (χ0v) is 9.05. The van der Waals surface area contributed by atoms with Gasteiger partial charge < -0.3 is 5.73 Å². The Bertz CT molecular complexity index is 485. The first kappa shape index (κ1) is 10.5. The van der Waals surface area contributed by atoms with Crippen molar-refractivity contribution in [1.82, 2.24) is 20.2 Å². The summed E-state index contributed by atoms with van der Waals surface area (Å²) in [5.74, 6) is -0.0317. The SMILES string of the molecule is CC(C)n1nnc(-c2cc(N)cc(F)c2)n1. The summed E-state index contributed by atoms with van der Waals surface area (Å²) in [6, 6.07) is 4.31. The summed E-state index contributed by atoms with van der Waals surface area (Å²) in [7, 11) is 0. The molecule has 0 aliphatic rings. The van der Waals surface area contributed by atoms with Gasteiger partial charge in [-0.1, -0.05) is 0 Å². The molecule has 0 amide bonds. The number of hydrogen-bond acceptors (Lipinski definition) is 4. The Morgan fingerprint density at radius 3 is 2.62 bits per heavy atom. The van der Waals surface area contributed by atoms with E-state index in [2.05, 4.69) is 15.4 Å². The number of rotatable bonds is 2. The van der Waals surface area contributed by atoms with Crippen LogP contribution in [0, 0.1) is 5.82 Å². The minimum absolute atomic E-state index is 0.118. The highest BCUT2D eigenvalue weighted by Gasteiger charge is 2.09. The Hall–Kier alpha value is -1.98. The van der Waals surface area contributed by atoms with Crippen LogP contribution in [-0.4, -0.2) is 20.2 Å². The average molecular weight is 221 g/mol. The Morgan fingerprint density at radius 2 is 2.06 bits per heavy atom. The molecule has 84 valence electrons. The first-order chi connectivity index (χ1) is 7.56. The van der Waals surface area contributed by atoms with Gasteiger partial charge in [-0.25, -0.2) is 4.39 Å². The van der Waals surface area contributed by atoms with Crippen molar-refractivity contribution >= 4 is 5.69 Å². The minimum atomic E-state index is -0.407. The van der Waals surface area contributed by atoms with Crippen LogP contribution in [0.5, 0.6) is 0 Å². The molecule has 16 heavy (non-hydrogen) atoms. The maximum atomic E-state index is 13.1. The molecule has 0 aliphatic carbocycles. The van der Waals surface area contributed by atoms with Gasteiger partial charge in [0.25, 0.3) is 0 Å². The van der Waals surface area contributed by atoms with Crippen molar-refractivity contribution in [2.75, 3.05) is 5.73 Å². The molecule has 0 radical (unpaired) electrons. The molecule has 1 aromatic carbocycles. The minimum Gasteiger partial charge on any atom is -0.399 e. The zero-order valence-electron chi connectivity index (χ0n) is 9.05. The van der Waals surface area contributed by atoms with Gasteiger partial charge in [-0.05, 0) is 37.3 Å². The molecule has 2 aromatic rings. The van der Waals surface area contributed by atoms with E-state index in [4.69, 9.17) is 5.73 Å². The molecule has 2 rings (SSSR count). The van der Waals surface area contributed by atoms with Gasteiger partial charge in [-0.2, -0.15) is 4.80 Å². The quantitative estimate of drug-likeness (QED) is 0.783. The fourth-order valence-corrected chi connectivity index (χ4v) is 1.30. The summed E-state index contributed by atoms with van der Waals surface area (Å²) in [6.45, 7) is 3.87. The molecule has 0 bridgehead atoms. The Balaban J connectivity index is 2.42. The van der Waals surface area contributed by atoms with E-state index in [0.717, 1.165) is 0 Å². The number of aromatic nitrogens is 4. The van der Waals surface area contributed by atoms with Gasteiger partial charge >= 0.3 is 0 Å². The van der Waals surface area contributed by atoms with Gasteiger partial charge in [0.05, 0.1) is 6.04 Å². The largest absolute Gasteiger partial charge is 0.399 e. The molecule has 0 atom stereocenters. The van der Waals surface area contributed by atoms with Gasteiger partial charge in [0.15, 0.2) is 0 Å². The average Bonchev–Trinajstić information content (AvgIpc) is 2.64. The van der Waals surface area contributed by atoms with E-state index >= 15 is 0 Å². The third-order valence-electron chi connectivity index (χ3n) is 2.07. The molecule has 2 N–H and O–H groups in total. The van der Waals surface area contributed by atoms with Crippen LogP contribution in [0.4, 0.5) is 10.1 Å². The fourth-order valence-electron chi connectivity index (χ4n) is 1.30. The fraction of sp³-hybridized carbons (Fsp3) is 0.300. The molecule has 0 aliphatic heterocycles. The number of anilines is 1. The second kappa shape index (κ2) is 3.88. The Labute approximate surface area is 92.1 Å². The van der Waals surface area contributed by atoms with E-state index in [-0.39, 0.29) is 6.04 Å². The van der Waals surface area contributed by atoms with Crippen molar-refractivity contribution in [3.8, 4) is 11.4 Å². The third-order valence-corrected chi connectivity index (χ3v) is 2.07. The van der Waals surface area contributed by atoms with E-state index in [1.165, 1.54) is 16.9 Å². The highest BCUT2D eigenvalue weighted by molar-refractivity contribution is 5.60. The maximum absolute atomic E-state index is 13.1. The molecule has 0 saturated carbocycles. The zero-order chi connectivity index (χ0) is 11.7. The van der Waals surface area contributed by atoms with E-state index in [0.29, 0.717) is 17.1 Å². The van der Waals surface area contributed by atoms with Crippen LogP contribution < -0.4 is 5.73 Å². The van der Waals surface area contributed by atoms with Crippen LogP contribution in [0.3, 0.4) is 0 Å². The topological polar surface area (TPSA) is 69.6 Å². The number of hydrogen-bond donors (Lipinski definition) is 1. The number of halogens is 1. The molecule has 5 nitrogen and oxygen atoms in total. The van der Waals surface area contributed by atoms with Crippen LogP contribution >= 0.6 is 0 Å². The van der Waals surface area contributed by atoms with Crippen molar-refractivity contribution in [3.63, 3.8) is 0 Å². The van der Waals surface area contributed by atoms with E-state index in [1.807, 2.05) is 13.8 Å². The van der Waals surface area contributed by atoms with Gasteiger partial charge in [0, 0.05) is 11.3 Å². The number of nitrogens with two attached hydrogens (primary N) is 1. The molecule has 1 aromatic heterocycles. The summed E-state index contributed by atoms with van der Waals surface area (Å²) < 4.78 is 13.1. The lowest BCUT2D eigenvalue weighted by Crippen LogP contribution is -2.04. The molecule has 6 heteroatoms. The maximum Gasteiger partial charge on any atom is 0.205 e. The van der Waals surface area contributed by atoms with Crippen molar-refractivity contribution in [2.45, 2.75) is 19.9 Å². The number of nitrogens with zero attached hydrogens (tertiary/aromatic N) is 4. The van der Waals surface area contributed by atoms with Gasteiger partial charge in [-0.15, -0.1) is 10.2 Å². The third kappa shape index (κ3) is 2.00. The van der Waals surface area contributed by atoms with Gasteiger partial charge in [-0.3, -0.25) is 0 Å². The molecule has 0 saturated heterocycles. The standard InChI is InChI=1S/C10H12FN5/c1-6(2)16-14-10(13-15-16)7-3-8(11)5-9(12)4-7/h3-6H,12H2,1-2H3. The van der Waals surface area contributed by atoms with Crippen molar-refractivity contribution < 1.29 is 4.39 Å². The van der Waals surface area contributed by atoms with Gasteiger partial charge in [0.1, 0.15) is 5.82 Å². The normalized spacial score (nSPS) is 11.0. The molecular weight excluding hydrogens is 209 g/mol. The lowest BCUT2D eigenvalue weighted by Gasteiger charge is -2.00. The molecular formula is C10H12FN5. The summed E-state index contributed by atoms with van der Waals surface area (Å²) >= 11 is 0. The van der Waals surface area contributed by atoms with Crippen molar-refractivity contribution in [1.29, 1.82) is 0 Å². The smallest absolute Gasteiger partial charge is 0.205 e. The van der Waals surface area contributed by atoms with E-state index in [9.17, 15) is 4.39 Å². The van der Waals surface area contributed by atoms with E-state index in [1.54, 1.807) is 6.07 Å². The first-order valence-corrected chi connectivity index (χ1v) is 4.92. The van der Waals surface area contributed by atoms with Crippen LogP contribution in [-0.2, 0) is 0 Å². The first-order valence-electron chi connectivity index (χ1n) is 4.92. The summed E-state index contributed by atoms with van der Waals surface area (Å²) in [4.78, 5) is 1.47. The number of benzene rings is 1. The lowest BCUT2D eigenvalue weighted by molar-refractivity contribution is 0.455.